The number of hydrogen-bond acceptors (Lipinski definition) is 9. The first kappa shape index (κ1) is 33.7. The van der Waals surface area contributed by atoms with Crippen LogP contribution in [0.2, 0.25) is 0 Å². The number of nitrogens with one attached hydrogen (secondary N) is 4. The van der Waals surface area contributed by atoms with Crippen molar-refractivity contribution >= 4 is 23.7 Å². The second-order valence-corrected chi connectivity index (χ2v) is 13.3. The average Bonchev–Trinajstić information content (AvgIpc) is 3.79. The Morgan fingerprint density at radius 3 is 2.23 bits per heavy atom. The molecule has 0 unspecified atom stereocenters. The second kappa shape index (κ2) is 16.8. The minimum Gasteiger partial charge on any atom is -0.376 e. The maximum Gasteiger partial charge on any atom is 0.278 e. The van der Waals surface area contributed by atoms with Gasteiger partial charge in [-0.15, -0.1) is 5.10 Å². The van der Waals surface area contributed by atoms with E-state index >= 15 is 0 Å². The van der Waals surface area contributed by atoms with E-state index in [2.05, 4.69) is 41.7 Å². The zero-order valence-corrected chi connectivity index (χ0v) is 27.4. The van der Waals surface area contributed by atoms with Gasteiger partial charge < -0.3 is 20.1 Å². The molecule has 258 valence electrons. The zero-order chi connectivity index (χ0) is 33.1. The van der Waals surface area contributed by atoms with Crippen LogP contribution in [-0.4, -0.2) is 79.0 Å². The molecule has 4 N–H and O–H groups in total. The number of anilines is 1. The van der Waals surface area contributed by atoms with Crippen LogP contribution in [0.25, 0.3) is 0 Å². The maximum absolute atomic E-state index is 13.8. The van der Waals surface area contributed by atoms with Gasteiger partial charge in [0.1, 0.15) is 12.2 Å². The molecule has 3 aliphatic carbocycles. The highest BCUT2D eigenvalue weighted by molar-refractivity contribution is 6.04. The summed E-state index contributed by atoms with van der Waals surface area (Å²) in [6.45, 7) is 0.936. The molecule has 3 saturated carbocycles. The van der Waals surface area contributed by atoms with E-state index < -0.39 is 11.8 Å². The van der Waals surface area contributed by atoms with E-state index in [1.807, 2.05) is 30.3 Å². The SMILES string of the molecule is O=C(Cn1nc(C(=O)Nc2nn[nH]n2)cc1C(=O)N[C@H]1CCCC[C@@H]1OCC1CCCCC1)N[C@H]1CCCC[C@@H]1OCc1ccccc1. The number of carbonyl (C=O) groups excluding carboxylic acids is 3. The lowest BCUT2D eigenvalue weighted by Gasteiger charge is -2.34. The zero-order valence-electron chi connectivity index (χ0n) is 27.4. The number of benzene rings is 1. The van der Waals surface area contributed by atoms with Gasteiger partial charge in [-0.05, 0) is 55.2 Å². The number of ether oxygens (including phenoxy) is 2. The van der Waals surface area contributed by atoms with Gasteiger partial charge in [-0.2, -0.15) is 10.3 Å². The predicted octanol–water partition coefficient (Wildman–Crippen LogP) is 3.93. The fourth-order valence-electron chi connectivity index (χ4n) is 7.16. The van der Waals surface area contributed by atoms with Crippen molar-refractivity contribution in [1.82, 2.24) is 41.0 Å². The predicted molar refractivity (Wildman–Crippen MR) is 176 cm³/mol. The number of aromatic nitrogens is 6. The Kier molecular flexibility index (Phi) is 11.8. The smallest absolute Gasteiger partial charge is 0.278 e. The molecule has 1 aromatic carbocycles. The first-order valence-electron chi connectivity index (χ1n) is 17.5. The second-order valence-electron chi connectivity index (χ2n) is 13.3. The van der Waals surface area contributed by atoms with Crippen LogP contribution in [0.4, 0.5) is 5.95 Å². The van der Waals surface area contributed by atoms with Crippen molar-refractivity contribution in [2.45, 2.75) is 121 Å². The summed E-state index contributed by atoms with van der Waals surface area (Å²) in [5.41, 5.74) is 1.14. The van der Waals surface area contributed by atoms with E-state index in [0.29, 0.717) is 19.1 Å². The number of amides is 3. The molecule has 6 rings (SSSR count). The van der Waals surface area contributed by atoms with Gasteiger partial charge >= 0.3 is 0 Å². The quantitative estimate of drug-likeness (QED) is 0.211. The maximum atomic E-state index is 13.8. The fraction of sp³-hybridized carbons (Fsp3) is 0.618. The van der Waals surface area contributed by atoms with Gasteiger partial charge in [-0.3, -0.25) is 19.7 Å². The molecule has 4 atom stereocenters. The van der Waals surface area contributed by atoms with E-state index in [0.717, 1.165) is 56.9 Å². The van der Waals surface area contributed by atoms with Crippen molar-refractivity contribution in [3.05, 3.63) is 53.3 Å². The number of tetrazole rings is 1. The van der Waals surface area contributed by atoms with E-state index in [-0.39, 0.29) is 54.1 Å². The monoisotopic (exact) mass is 661 g/mol. The Balaban J connectivity index is 1.13. The molecule has 3 fully saturated rings. The van der Waals surface area contributed by atoms with Crippen molar-refractivity contribution in [1.29, 1.82) is 0 Å². The lowest BCUT2D eigenvalue weighted by atomic mass is 9.89. The molecule has 3 aliphatic rings. The minimum atomic E-state index is -0.627. The third kappa shape index (κ3) is 9.25. The van der Waals surface area contributed by atoms with Gasteiger partial charge in [0, 0.05) is 12.7 Å². The highest BCUT2D eigenvalue weighted by Crippen LogP contribution is 2.27. The summed E-state index contributed by atoms with van der Waals surface area (Å²) in [6, 6.07) is 11.0. The van der Waals surface area contributed by atoms with Crippen LogP contribution in [-0.2, 0) is 27.4 Å². The summed E-state index contributed by atoms with van der Waals surface area (Å²) >= 11 is 0. The van der Waals surface area contributed by atoms with E-state index in [1.165, 1.54) is 42.9 Å². The number of carbonyl (C=O) groups is 3. The van der Waals surface area contributed by atoms with Crippen LogP contribution < -0.4 is 16.0 Å². The van der Waals surface area contributed by atoms with E-state index in [9.17, 15) is 14.4 Å². The third-order valence-electron chi connectivity index (χ3n) is 9.75. The summed E-state index contributed by atoms with van der Waals surface area (Å²) in [4.78, 5) is 40.3. The Morgan fingerprint density at radius 2 is 1.50 bits per heavy atom. The number of aromatic amines is 1. The van der Waals surface area contributed by atoms with Gasteiger partial charge in [-0.25, -0.2) is 4.68 Å². The third-order valence-corrected chi connectivity index (χ3v) is 9.75. The molecule has 0 saturated heterocycles. The first-order chi connectivity index (χ1) is 23.5. The molecule has 14 nitrogen and oxygen atoms in total. The van der Waals surface area contributed by atoms with Crippen molar-refractivity contribution in [3.63, 3.8) is 0 Å². The van der Waals surface area contributed by atoms with Crippen molar-refractivity contribution in [2.75, 3.05) is 11.9 Å². The molecule has 0 radical (unpaired) electrons. The topological polar surface area (TPSA) is 178 Å². The molecule has 2 aromatic heterocycles. The van der Waals surface area contributed by atoms with Gasteiger partial charge in [0.2, 0.25) is 5.91 Å². The molecule has 0 spiro atoms. The van der Waals surface area contributed by atoms with Crippen molar-refractivity contribution < 1.29 is 23.9 Å². The molecular formula is C34H47N9O5. The van der Waals surface area contributed by atoms with Gasteiger partial charge in [0.05, 0.1) is 30.9 Å². The van der Waals surface area contributed by atoms with Crippen molar-refractivity contribution in [3.8, 4) is 0 Å². The van der Waals surface area contributed by atoms with E-state index in [1.54, 1.807) is 0 Å². The minimum absolute atomic E-state index is 0.0303. The Bertz CT molecular complexity index is 1480. The van der Waals surface area contributed by atoms with Gasteiger partial charge in [-0.1, -0.05) is 80.4 Å². The highest BCUT2D eigenvalue weighted by atomic mass is 16.5. The van der Waals surface area contributed by atoms with Crippen LogP contribution in [0.15, 0.2) is 36.4 Å². The molecule has 3 aromatic rings. The lowest BCUT2D eigenvalue weighted by Crippen LogP contribution is -2.48. The number of nitrogens with zero attached hydrogens (tertiary/aromatic N) is 5. The summed E-state index contributed by atoms with van der Waals surface area (Å²) < 4.78 is 13.9. The molecular weight excluding hydrogens is 614 g/mol. The Hall–Kier alpha value is -4.17. The summed E-state index contributed by atoms with van der Waals surface area (Å²) in [5, 5.41) is 26.4. The first-order valence-corrected chi connectivity index (χ1v) is 17.5. The largest absolute Gasteiger partial charge is 0.376 e. The Morgan fingerprint density at radius 1 is 0.812 bits per heavy atom. The number of H-pyrrole nitrogens is 1. The number of rotatable bonds is 13. The van der Waals surface area contributed by atoms with Gasteiger partial charge in [0.15, 0.2) is 5.69 Å². The summed E-state index contributed by atoms with van der Waals surface area (Å²) in [5.74, 6) is -0.808. The molecule has 2 heterocycles. The Labute approximate surface area is 280 Å². The highest BCUT2D eigenvalue weighted by Gasteiger charge is 2.32. The van der Waals surface area contributed by atoms with E-state index in [4.69, 9.17) is 9.47 Å². The standard InChI is InChI=1S/C34H47N9O5/c44-31(35-25-15-7-9-17-29(25)47-21-23-11-3-1-4-12-23)20-43-28(19-27(40-43)32(45)37-34-38-41-42-39-34)33(46)36-26-16-8-10-18-30(26)48-22-24-13-5-2-6-14-24/h1,3-4,11-12,19,24-26,29-30H,2,5-10,13-18,20-22H2,(H,35,44)(H,36,46)(H2,37,38,39,41,42,45)/t25-,26-,29-,30-/m0/s1. The van der Waals surface area contributed by atoms with Crippen molar-refractivity contribution in [2.24, 2.45) is 5.92 Å². The number of hydrogen-bond donors (Lipinski definition) is 4. The summed E-state index contributed by atoms with van der Waals surface area (Å²) in [6.07, 6.45) is 13.4. The van der Waals surface area contributed by atoms with Gasteiger partial charge in [0.25, 0.3) is 17.8 Å². The fourth-order valence-corrected chi connectivity index (χ4v) is 7.16. The van der Waals surface area contributed by atoms with Crippen LogP contribution in [0, 0.1) is 5.92 Å². The molecule has 3 amide bonds. The lowest BCUT2D eigenvalue weighted by molar-refractivity contribution is -0.124. The van der Waals surface area contributed by atoms with Crippen LogP contribution in [0.1, 0.15) is 110 Å². The molecule has 48 heavy (non-hydrogen) atoms. The molecule has 0 aliphatic heterocycles. The molecule has 0 bridgehead atoms. The van der Waals surface area contributed by atoms with Crippen LogP contribution >= 0.6 is 0 Å². The average molecular weight is 662 g/mol. The van der Waals surface area contributed by atoms with Crippen LogP contribution in [0.5, 0.6) is 0 Å². The van der Waals surface area contributed by atoms with Crippen LogP contribution in [0.3, 0.4) is 0 Å². The molecule has 14 heteroatoms. The normalized spacial score (nSPS) is 23.3. The summed E-state index contributed by atoms with van der Waals surface area (Å²) in [7, 11) is 0.